The lowest BCUT2D eigenvalue weighted by atomic mass is 10.2. The van der Waals surface area contributed by atoms with Gasteiger partial charge in [0.2, 0.25) is 5.88 Å². The Balaban J connectivity index is 2.32. The molecule has 0 aliphatic rings. The molecule has 0 aliphatic carbocycles. The molecular formula is C13H12BrClN2O. The third-order valence-corrected chi connectivity index (χ3v) is 2.97. The number of nitrogens with zero attached hydrogens (tertiary/aromatic N) is 2. The highest BCUT2D eigenvalue weighted by molar-refractivity contribution is 9.10. The Morgan fingerprint density at radius 2 is 1.94 bits per heavy atom. The second-order valence-corrected chi connectivity index (χ2v) is 5.29. The molecule has 1 aromatic carbocycles. The van der Waals surface area contributed by atoms with Crippen LogP contribution in [0.1, 0.15) is 25.6 Å². The minimum atomic E-state index is 0.232. The van der Waals surface area contributed by atoms with Crippen molar-refractivity contribution in [1.29, 1.82) is 0 Å². The van der Waals surface area contributed by atoms with Gasteiger partial charge in [0, 0.05) is 12.0 Å². The van der Waals surface area contributed by atoms with Crippen molar-refractivity contribution in [1.82, 2.24) is 9.97 Å². The molecule has 1 heterocycles. The average Bonchev–Trinajstić information content (AvgIpc) is 2.31. The highest BCUT2D eigenvalue weighted by atomic mass is 79.9. The summed E-state index contributed by atoms with van der Waals surface area (Å²) < 4.78 is 6.37. The summed E-state index contributed by atoms with van der Waals surface area (Å²) in [7, 11) is 0. The molecule has 2 rings (SSSR count). The van der Waals surface area contributed by atoms with Gasteiger partial charge in [0.05, 0.1) is 5.02 Å². The molecule has 18 heavy (non-hydrogen) atoms. The van der Waals surface area contributed by atoms with Crippen molar-refractivity contribution in [3.63, 3.8) is 0 Å². The number of aromatic nitrogens is 2. The van der Waals surface area contributed by atoms with Crippen LogP contribution >= 0.6 is 27.5 Å². The molecule has 1 aromatic heterocycles. The van der Waals surface area contributed by atoms with Gasteiger partial charge in [-0.3, -0.25) is 0 Å². The average molecular weight is 328 g/mol. The maximum Gasteiger partial charge on any atom is 0.223 e. The van der Waals surface area contributed by atoms with Crippen molar-refractivity contribution < 1.29 is 4.74 Å². The van der Waals surface area contributed by atoms with Crippen LogP contribution in [-0.4, -0.2) is 9.97 Å². The van der Waals surface area contributed by atoms with Crippen molar-refractivity contribution in [2.75, 3.05) is 0 Å². The van der Waals surface area contributed by atoms with Gasteiger partial charge in [-0.05, 0) is 28.1 Å². The molecular weight excluding hydrogens is 316 g/mol. The molecule has 94 valence electrons. The summed E-state index contributed by atoms with van der Waals surface area (Å²) in [5, 5.41) is 0.554. The molecule has 0 atom stereocenters. The van der Waals surface area contributed by atoms with E-state index in [4.69, 9.17) is 16.3 Å². The zero-order valence-electron chi connectivity index (χ0n) is 10.0. The summed E-state index contributed by atoms with van der Waals surface area (Å²) >= 11 is 9.39. The highest BCUT2D eigenvalue weighted by Crippen LogP contribution is 2.29. The summed E-state index contributed by atoms with van der Waals surface area (Å²) in [6.07, 6.45) is 0. The van der Waals surface area contributed by atoms with Crippen LogP contribution < -0.4 is 4.74 Å². The molecule has 0 N–H and O–H groups in total. The number of rotatable bonds is 3. The van der Waals surface area contributed by atoms with E-state index >= 15 is 0 Å². The summed E-state index contributed by atoms with van der Waals surface area (Å²) in [5.41, 5.74) is 0. The molecule has 3 nitrogen and oxygen atoms in total. The Morgan fingerprint density at radius 1 is 1.22 bits per heavy atom. The van der Waals surface area contributed by atoms with Crippen LogP contribution in [0.2, 0.25) is 5.02 Å². The molecule has 0 aliphatic heterocycles. The van der Waals surface area contributed by atoms with Crippen molar-refractivity contribution >= 4 is 27.5 Å². The first-order chi connectivity index (χ1) is 8.56. The molecule has 0 bridgehead atoms. The van der Waals surface area contributed by atoms with Crippen LogP contribution in [0.5, 0.6) is 11.6 Å². The second-order valence-electron chi connectivity index (χ2n) is 4.07. The minimum Gasteiger partial charge on any atom is -0.437 e. The Morgan fingerprint density at radius 3 is 2.61 bits per heavy atom. The highest BCUT2D eigenvalue weighted by Gasteiger charge is 2.09. The Hall–Kier alpha value is -1.13. The Bertz CT molecular complexity index is 560. The van der Waals surface area contributed by atoms with Crippen LogP contribution in [0.15, 0.2) is 34.9 Å². The van der Waals surface area contributed by atoms with E-state index in [2.05, 4.69) is 25.9 Å². The zero-order valence-corrected chi connectivity index (χ0v) is 12.4. The van der Waals surface area contributed by atoms with E-state index < -0.39 is 0 Å². The number of para-hydroxylation sites is 1. The van der Waals surface area contributed by atoms with E-state index in [0.29, 0.717) is 21.3 Å². The van der Waals surface area contributed by atoms with E-state index in [0.717, 1.165) is 5.82 Å². The van der Waals surface area contributed by atoms with Crippen molar-refractivity contribution in [2.45, 2.75) is 19.8 Å². The maximum absolute atomic E-state index is 6.04. The van der Waals surface area contributed by atoms with Gasteiger partial charge in [0.15, 0.2) is 0 Å². The van der Waals surface area contributed by atoms with Crippen molar-refractivity contribution in [3.05, 3.63) is 45.8 Å². The van der Waals surface area contributed by atoms with Crippen molar-refractivity contribution in [3.8, 4) is 11.6 Å². The van der Waals surface area contributed by atoms with Gasteiger partial charge in [-0.1, -0.05) is 37.6 Å². The van der Waals surface area contributed by atoms with E-state index in [9.17, 15) is 0 Å². The molecule has 2 aromatic rings. The van der Waals surface area contributed by atoms with Crippen LogP contribution in [0, 0.1) is 0 Å². The van der Waals surface area contributed by atoms with Gasteiger partial charge in [-0.15, -0.1) is 0 Å². The third kappa shape index (κ3) is 3.21. The van der Waals surface area contributed by atoms with Gasteiger partial charge < -0.3 is 4.74 Å². The first kappa shape index (κ1) is 13.3. The molecule has 0 saturated carbocycles. The quantitative estimate of drug-likeness (QED) is 0.759. The van der Waals surface area contributed by atoms with Crippen LogP contribution in [0.25, 0.3) is 0 Å². The monoisotopic (exact) mass is 326 g/mol. The molecule has 0 unspecified atom stereocenters. The molecule has 0 radical (unpaired) electrons. The fourth-order valence-electron chi connectivity index (χ4n) is 1.36. The Labute approximate surface area is 119 Å². The SMILES string of the molecule is CC(C)c1nc(Br)cc(Oc2ccccc2Cl)n1. The molecule has 0 spiro atoms. The first-order valence-corrected chi connectivity index (χ1v) is 6.70. The van der Waals surface area contributed by atoms with E-state index in [1.54, 1.807) is 18.2 Å². The van der Waals surface area contributed by atoms with Gasteiger partial charge >= 0.3 is 0 Å². The lowest BCUT2D eigenvalue weighted by Crippen LogP contribution is -2.00. The maximum atomic E-state index is 6.04. The predicted octanol–water partition coefficient (Wildman–Crippen LogP) is 4.81. The molecule has 5 heteroatoms. The number of hydrogen-bond acceptors (Lipinski definition) is 3. The van der Waals surface area contributed by atoms with E-state index in [-0.39, 0.29) is 5.92 Å². The van der Waals surface area contributed by atoms with Gasteiger partial charge in [0.25, 0.3) is 0 Å². The summed E-state index contributed by atoms with van der Waals surface area (Å²) in [4.78, 5) is 8.64. The van der Waals surface area contributed by atoms with Crippen molar-refractivity contribution in [2.24, 2.45) is 0 Å². The van der Waals surface area contributed by atoms with Crippen LogP contribution in [0.3, 0.4) is 0 Å². The predicted molar refractivity (Wildman–Crippen MR) is 75.3 cm³/mol. The van der Waals surface area contributed by atoms with Crippen LogP contribution in [0.4, 0.5) is 0 Å². The van der Waals surface area contributed by atoms with Crippen LogP contribution in [-0.2, 0) is 0 Å². The standard InChI is InChI=1S/C13H12BrClN2O/c1-8(2)13-16-11(14)7-12(17-13)18-10-6-4-3-5-9(10)15/h3-8H,1-2H3. The lowest BCUT2D eigenvalue weighted by Gasteiger charge is -2.09. The fraction of sp³-hybridized carbons (Fsp3) is 0.231. The van der Waals surface area contributed by atoms with Gasteiger partial charge in [0.1, 0.15) is 16.2 Å². The topological polar surface area (TPSA) is 35.0 Å². The third-order valence-electron chi connectivity index (χ3n) is 2.26. The number of hydrogen-bond donors (Lipinski definition) is 0. The number of halogens is 2. The smallest absolute Gasteiger partial charge is 0.223 e. The second kappa shape index (κ2) is 5.67. The Kier molecular flexibility index (Phi) is 4.19. The van der Waals surface area contributed by atoms with E-state index in [1.165, 1.54) is 0 Å². The summed E-state index contributed by atoms with van der Waals surface area (Å²) in [6, 6.07) is 9.00. The summed E-state index contributed by atoms with van der Waals surface area (Å²) in [5.74, 6) is 2.02. The number of benzene rings is 1. The normalized spacial score (nSPS) is 10.7. The fourth-order valence-corrected chi connectivity index (χ4v) is 1.92. The number of ether oxygens (including phenoxy) is 1. The van der Waals surface area contributed by atoms with E-state index in [1.807, 2.05) is 26.0 Å². The molecule has 0 amide bonds. The van der Waals surface area contributed by atoms with Gasteiger partial charge in [-0.2, -0.15) is 4.98 Å². The first-order valence-electron chi connectivity index (χ1n) is 5.53. The minimum absolute atomic E-state index is 0.232. The van der Waals surface area contributed by atoms with Gasteiger partial charge in [-0.25, -0.2) is 4.98 Å². The molecule has 0 saturated heterocycles. The molecule has 0 fully saturated rings. The largest absolute Gasteiger partial charge is 0.437 e. The lowest BCUT2D eigenvalue weighted by molar-refractivity contribution is 0.456. The zero-order chi connectivity index (χ0) is 13.1. The summed E-state index contributed by atoms with van der Waals surface area (Å²) in [6.45, 7) is 4.06.